The third kappa shape index (κ3) is 5.20. The second-order valence-corrected chi connectivity index (χ2v) is 9.55. The fourth-order valence-corrected chi connectivity index (χ4v) is 4.38. The van der Waals surface area contributed by atoms with Gasteiger partial charge in [-0.15, -0.1) is 0 Å². The number of aryl methyl sites for hydroxylation is 1. The fraction of sp³-hybridized carbons (Fsp3) is 0.136. The summed E-state index contributed by atoms with van der Waals surface area (Å²) in [7, 11) is -0.0439. The summed E-state index contributed by atoms with van der Waals surface area (Å²) in [5.41, 5.74) is 3.14. The molecule has 6 nitrogen and oxygen atoms in total. The van der Waals surface area contributed by atoms with E-state index in [4.69, 9.17) is 0 Å². The van der Waals surface area contributed by atoms with Crippen LogP contribution in [0.25, 0.3) is 0 Å². The normalized spacial score (nSPS) is 11.1. The molecule has 156 valence electrons. The first-order valence-corrected chi connectivity index (χ1v) is 11.4. The third-order valence-corrected chi connectivity index (χ3v) is 6.45. The average molecular weight is 488 g/mol. The lowest BCUT2D eigenvalue weighted by atomic mass is 10.1. The van der Waals surface area contributed by atoms with Crippen molar-refractivity contribution in [3.8, 4) is 0 Å². The van der Waals surface area contributed by atoms with Crippen LogP contribution in [0.3, 0.4) is 0 Å². The standard InChI is InChI=1S/C22H22BrN3O3S/c1-15-10-11-20(23)21(12-15)25-30(28,29)19-9-5-7-17(14-19)24-22(27)16-6-4-8-18(13-16)26(2)3/h4-14,25H,1-3H3,(H,24,27). The van der Waals surface area contributed by atoms with Crippen molar-refractivity contribution in [3.05, 3.63) is 82.3 Å². The Kier molecular flexibility index (Phi) is 6.48. The van der Waals surface area contributed by atoms with Gasteiger partial charge >= 0.3 is 0 Å². The molecule has 0 unspecified atom stereocenters. The van der Waals surface area contributed by atoms with Crippen molar-refractivity contribution in [1.82, 2.24) is 0 Å². The number of benzene rings is 3. The van der Waals surface area contributed by atoms with Gasteiger partial charge < -0.3 is 10.2 Å². The van der Waals surface area contributed by atoms with Crippen LogP contribution in [0, 0.1) is 6.92 Å². The van der Waals surface area contributed by atoms with E-state index in [0.29, 0.717) is 21.4 Å². The van der Waals surface area contributed by atoms with E-state index in [2.05, 4.69) is 26.0 Å². The van der Waals surface area contributed by atoms with Crippen LogP contribution in [0.15, 0.2) is 76.1 Å². The largest absolute Gasteiger partial charge is 0.378 e. The Morgan fingerprint density at radius 2 is 1.70 bits per heavy atom. The second-order valence-electron chi connectivity index (χ2n) is 7.02. The highest BCUT2D eigenvalue weighted by Gasteiger charge is 2.17. The van der Waals surface area contributed by atoms with Crippen LogP contribution in [-0.2, 0) is 10.0 Å². The maximum absolute atomic E-state index is 12.8. The molecular weight excluding hydrogens is 466 g/mol. The topological polar surface area (TPSA) is 78.5 Å². The van der Waals surface area contributed by atoms with Gasteiger partial charge in [-0.2, -0.15) is 0 Å². The first-order chi connectivity index (χ1) is 14.2. The molecule has 0 aliphatic heterocycles. The number of amides is 1. The number of nitrogens with one attached hydrogen (secondary N) is 2. The number of rotatable bonds is 6. The molecule has 3 aromatic carbocycles. The Morgan fingerprint density at radius 3 is 2.43 bits per heavy atom. The summed E-state index contributed by atoms with van der Waals surface area (Å²) >= 11 is 3.36. The average Bonchev–Trinajstić information content (AvgIpc) is 2.71. The van der Waals surface area contributed by atoms with Crippen LogP contribution in [0.5, 0.6) is 0 Å². The number of carbonyl (C=O) groups is 1. The van der Waals surface area contributed by atoms with E-state index in [1.54, 1.807) is 42.5 Å². The SMILES string of the molecule is Cc1ccc(Br)c(NS(=O)(=O)c2cccc(NC(=O)c3cccc(N(C)C)c3)c2)c1. The van der Waals surface area contributed by atoms with Crippen molar-refractivity contribution < 1.29 is 13.2 Å². The van der Waals surface area contributed by atoms with Gasteiger partial charge in [-0.3, -0.25) is 9.52 Å². The molecule has 3 rings (SSSR count). The summed E-state index contributed by atoms with van der Waals surface area (Å²) in [6, 6.07) is 18.7. The maximum atomic E-state index is 12.8. The fourth-order valence-electron chi connectivity index (χ4n) is 2.79. The lowest BCUT2D eigenvalue weighted by molar-refractivity contribution is 0.102. The number of anilines is 3. The number of carbonyl (C=O) groups excluding carboxylic acids is 1. The summed E-state index contributed by atoms with van der Waals surface area (Å²) in [4.78, 5) is 14.6. The Labute approximate surface area is 185 Å². The van der Waals surface area contributed by atoms with Crippen molar-refractivity contribution in [2.45, 2.75) is 11.8 Å². The number of halogens is 1. The second kappa shape index (κ2) is 8.89. The van der Waals surface area contributed by atoms with Crippen LogP contribution in [-0.4, -0.2) is 28.4 Å². The van der Waals surface area contributed by atoms with Crippen molar-refractivity contribution in [2.24, 2.45) is 0 Å². The molecule has 30 heavy (non-hydrogen) atoms. The molecular formula is C22H22BrN3O3S. The van der Waals surface area contributed by atoms with E-state index in [1.165, 1.54) is 12.1 Å². The minimum Gasteiger partial charge on any atom is -0.378 e. The molecule has 8 heteroatoms. The summed E-state index contributed by atoms with van der Waals surface area (Å²) in [5, 5.41) is 2.76. The lowest BCUT2D eigenvalue weighted by Gasteiger charge is -2.14. The van der Waals surface area contributed by atoms with Gasteiger partial charge in [0.2, 0.25) is 0 Å². The van der Waals surface area contributed by atoms with E-state index in [9.17, 15) is 13.2 Å². The maximum Gasteiger partial charge on any atom is 0.262 e. The van der Waals surface area contributed by atoms with E-state index in [0.717, 1.165) is 11.3 Å². The minimum absolute atomic E-state index is 0.0516. The van der Waals surface area contributed by atoms with Crippen molar-refractivity contribution in [2.75, 3.05) is 29.0 Å². The van der Waals surface area contributed by atoms with Crippen molar-refractivity contribution >= 4 is 48.9 Å². The number of nitrogens with zero attached hydrogens (tertiary/aromatic N) is 1. The van der Waals surface area contributed by atoms with Gasteiger partial charge in [-0.25, -0.2) is 8.42 Å². The minimum atomic E-state index is -3.83. The van der Waals surface area contributed by atoms with Gasteiger partial charge in [0.25, 0.3) is 15.9 Å². The first-order valence-electron chi connectivity index (χ1n) is 9.13. The van der Waals surface area contributed by atoms with Gasteiger partial charge in [0, 0.05) is 35.5 Å². The first kappa shape index (κ1) is 21.9. The van der Waals surface area contributed by atoms with E-state index >= 15 is 0 Å². The van der Waals surface area contributed by atoms with Crippen LogP contribution in [0.2, 0.25) is 0 Å². The quantitative estimate of drug-likeness (QED) is 0.519. The van der Waals surface area contributed by atoms with Crippen LogP contribution in [0.4, 0.5) is 17.1 Å². The highest BCUT2D eigenvalue weighted by molar-refractivity contribution is 9.10. The molecule has 0 radical (unpaired) electrons. The van der Waals surface area contributed by atoms with Crippen LogP contribution >= 0.6 is 15.9 Å². The zero-order chi connectivity index (χ0) is 21.9. The molecule has 3 aromatic rings. The van der Waals surface area contributed by atoms with E-state index < -0.39 is 10.0 Å². The zero-order valence-electron chi connectivity index (χ0n) is 16.8. The zero-order valence-corrected chi connectivity index (χ0v) is 19.2. The van der Waals surface area contributed by atoms with Gasteiger partial charge in [-0.1, -0.05) is 18.2 Å². The highest BCUT2D eigenvalue weighted by atomic mass is 79.9. The molecule has 0 bridgehead atoms. The summed E-state index contributed by atoms with van der Waals surface area (Å²) < 4.78 is 28.9. The lowest BCUT2D eigenvalue weighted by Crippen LogP contribution is -2.16. The summed E-state index contributed by atoms with van der Waals surface area (Å²) in [6.45, 7) is 1.88. The van der Waals surface area contributed by atoms with Crippen LogP contribution in [0.1, 0.15) is 15.9 Å². The van der Waals surface area contributed by atoms with Gasteiger partial charge in [-0.05, 0) is 76.9 Å². The molecule has 1 amide bonds. The molecule has 0 aliphatic rings. The van der Waals surface area contributed by atoms with E-state index in [1.807, 2.05) is 38.1 Å². The molecule has 0 atom stereocenters. The number of sulfonamides is 1. The van der Waals surface area contributed by atoms with Crippen LogP contribution < -0.4 is 14.9 Å². The molecule has 0 fully saturated rings. The van der Waals surface area contributed by atoms with Crippen molar-refractivity contribution in [1.29, 1.82) is 0 Å². The molecule has 0 saturated carbocycles. The Morgan fingerprint density at radius 1 is 0.967 bits per heavy atom. The third-order valence-electron chi connectivity index (χ3n) is 4.39. The Bertz CT molecular complexity index is 1190. The molecule has 0 heterocycles. The molecule has 0 aliphatic carbocycles. The summed E-state index contributed by atoms with van der Waals surface area (Å²) in [6.07, 6.45) is 0. The predicted molar refractivity (Wildman–Crippen MR) is 125 cm³/mol. The molecule has 0 saturated heterocycles. The smallest absolute Gasteiger partial charge is 0.262 e. The molecule has 2 N–H and O–H groups in total. The Balaban J connectivity index is 1.82. The van der Waals surface area contributed by atoms with Crippen molar-refractivity contribution in [3.63, 3.8) is 0 Å². The van der Waals surface area contributed by atoms with E-state index in [-0.39, 0.29) is 10.8 Å². The molecule has 0 aromatic heterocycles. The monoisotopic (exact) mass is 487 g/mol. The van der Waals surface area contributed by atoms with Gasteiger partial charge in [0.05, 0.1) is 10.6 Å². The summed E-state index contributed by atoms with van der Waals surface area (Å²) in [5.74, 6) is -0.317. The van der Waals surface area contributed by atoms with Gasteiger partial charge in [0.15, 0.2) is 0 Å². The number of hydrogen-bond acceptors (Lipinski definition) is 4. The number of hydrogen-bond donors (Lipinski definition) is 2. The molecule has 0 spiro atoms. The Hall–Kier alpha value is -2.84. The highest BCUT2D eigenvalue weighted by Crippen LogP contribution is 2.27. The van der Waals surface area contributed by atoms with Gasteiger partial charge in [0.1, 0.15) is 0 Å². The predicted octanol–water partition coefficient (Wildman–Crippen LogP) is 4.88.